The third-order valence-electron chi connectivity index (χ3n) is 2.28. The van der Waals surface area contributed by atoms with Crippen LogP contribution < -0.4 is 0 Å². The zero-order chi connectivity index (χ0) is 12.2. The van der Waals surface area contributed by atoms with Gasteiger partial charge < -0.3 is 14.4 Å². The molecule has 1 aromatic rings. The predicted octanol–water partition coefficient (Wildman–Crippen LogP) is 1.10. The maximum atomic E-state index is 9.21. The van der Waals surface area contributed by atoms with Crippen LogP contribution in [0.1, 0.15) is 39.3 Å². The Labute approximate surface area is 96.5 Å². The van der Waals surface area contributed by atoms with Gasteiger partial charge >= 0.3 is 0 Å². The molecule has 1 rings (SSSR count). The van der Waals surface area contributed by atoms with Gasteiger partial charge in [-0.1, -0.05) is 0 Å². The van der Waals surface area contributed by atoms with Crippen molar-refractivity contribution in [2.75, 3.05) is 13.2 Å². The molecule has 0 radical (unpaired) electrons. The molecule has 5 heteroatoms. The van der Waals surface area contributed by atoms with E-state index >= 15 is 0 Å². The number of aliphatic hydroxyl groups is 1. The first-order chi connectivity index (χ1) is 7.50. The van der Waals surface area contributed by atoms with Crippen molar-refractivity contribution in [2.24, 2.45) is 0 Å². The van der Waals surface area contributed by atoms with Crippen molar-refractivity contribution >= 4 is 0 Å². The molecule has 5 nitrogen and oxygen atoms in total. The summed E-state index contributed by atoms with van der Waals surface area (Å²) in [6, 6.07) is 0. The summed E-state index contributed by atoms with van der Waals surface area (Å²) in [5.41, 5.74) is -0.122. The third-order valence-corrected chi connectivity index (χ3v) is 2.28. The third kappa shape index (κ3) is 3.02. The topological polar surface area (TPSA) is 60.2 Å². The quantitative estimate of drug-likeness (QED) is 0.765. The smallest absolute Gasteiger partial charge is 0.159 e. The lowest BCUT2D eigenvalue weighted by Crippen LogP contribution is -2.27. The van der Waals surface area contributed by atoms with Crippen LogP contribution in [0.15, 0.2) is 0 Å². The van der Waals surface area contributed by atoms with E-state index in [0.717, 1.165) is 12.2 Å². The van der Waals surface area contributed by atoms with Crippen LogP contribution in [0.3, 0.4) is 0 Å². The lowest BCUT2D eigenvalue weighted by Gasteiger charge is -2.24. The molecule has 1 heterocycles. The molecule has 0 fully saturated rings. The highest BCUT2D eigenvalue weighted by Crippen LogP contribution is 2.18. The Kier molecular flexibility index (Phi) is 4.44. The summed E-state index contributed by atoms with van der Waals surface area (Å²) in [4.78, 5) is 0. The maximum absolute atomic E-state index is 9.21. The minimum Gasteiger partial charge on any atom is -0.388 e. The second kappa shape index (κ2) is 5.41. The Morgan fingerprint density at radius 3 is 2.38 bits per heavy atom. The standard InChI is InChI=1S/C11H21N3O2/c1-5-16-7-6-9-12-13-10(8-15)14(9)11(2,3)4/h15H,5-8H2,1-4H3. The molecule has 16 heavy (non-hydrogen) atoms. The molecule has 92 valence electrons. The van der Waals surface area contributed by atoms with Crippen molar-refractivity contribution in [1.82, 2.24) is 14.8 Å². The molecule has 0 aliphatic heterocycles. The highest BCUT2D eigenvalue weighted by molar-refractivity contribution is 5.00. The first-order valence-electron chi connectivity index (χ1n) is 5.63. The van der Waals surface area contributed by atoms with E-state index in [9.17, 15) is 5.11 Å². The normalized spacial score (nSPS) is 12.1. The van der Waals surface area contributed by atoms with E-state index in [4.69, 9.17) is 4.74 Å². The van der Waals surface area contributed by atoms with Gasteiger partial charge in [-0.15, -0.1) is 10.2 Å². The van der Waals surface area contributed by atoms with Gasteiger partial charge in [-0.05, 0) is 27.7 Å². The zero-order valence-corrected chi connectivity index (χ0v) is 10.5. The summed E-state index contributed by atoms with van der Waals surface area (Å²) in [6.07, 6.45) is 0.720. The SMILES string of the molecule is CCOCCc1nnc(CO)n1C(C)(C)C. The molecule has 0 amide bonds. The van der Waals surface area contributed by atoms with Gasteiger partial charge in [0.2, 0.25) is 0 Å². The van der Waals surface area contributed by atoms with Crippen LogP contribution >= 0.6 is 0 Å². The van der Waals surface area contributed by atoms with Crippen molar-refractivity contribution < 1.29 is 9.84 Å². The number of hydrogen-bond donors (Lipinski definition) is 1. The van der Waals surface area contributed by atoms with E-state index in [-0.39, 0.29) is 12.1 Å². The molecule has 0 bridgehead atoms. The van der Waals surface area contributed by atoms with Crippen LogP contribution in [0.5, 0.6) is 0 Å². The van der Waals surface area contributed by atoms with Gasteiger partial charge in [0.15, 0.2) is 5.82 Å². The van der Waals surface area contributed by atoms with Gasteiger partial charge in [0.1, 0.15) is 12.4 Å². The summed E-state index contributed by atoms with van der Waals surface area (Å²) >= 11 is 0. The fraction of sp³-hybridized carbons (Fsp3) is 0.818. The Morgan fingerprint density at radius 1 is 1.25 bits per heavy atom. The zero-order valence-electron chi connectivity index (χ0n) is 10.5. The molecule has 0 aromatic carbocycles. The highest BCUT2D eigenvalue weighted by Gasteiger charge is 2.22. The summed E-state index contributed by atoms with van der Waals surface area (Å²) in [5.74, 6) is 1.48. The average Bonchev–Trinajstić information content (AvgIpc) is 2.61. The lowest BCUT2D eigenvalue weighted by atomic mass is 10.1. The second-order valence-corrected chi connectivity index (χ2v) is 4.64. The Morgan fingerprint density at radius 2 is 1.88 bits per heavy atom. The van der Waals surface area contributed by atoms with Crippen molar-refractivity contribution in [3.8, 4) is 0 Å². The fourth-order valence-corrected chi connectivity index (χ4v) is 1.70. The van der Waals surface area contributed by atoms with Crippen LogP contribution in [-0.4, -0.2) is 33.1 Å². The van der Waals surface area contributed by atoms with Crippen LogP contribution in [0.2, 0.25) is 0 Å². The molecular weight excluding hydrogens is 206 g/mol. The van der Waals surface area contributed by atoms with E-state index in [2.05, 4.69) is 31.0 Å². The van der Waals surface area contributed by atoms with Crippen molar-refractivity contribution in [3.63, 3.8) is 0 Å². The lowest BCUT2D eigenvalue weighted by molar-refractivity contribution is 0.147. The monoisotopic (exact) mass is 227 g/mol. The summed E-state index contributed by atoms with van der Waals surface area (Å²) < 4.78 is 7.28. The van der Waals surface area contributed by atoms with Gasteiger partial charge in [0.05, 0.1) is 6.61 Å². The number of aromatic nitrogens is 3. The molecule has 1 N–H and O–H groups in total. The molecular formula is C11H21N3O2. The average molecular weight is 227 g/mol. The molecule has 0 spiro atoms. The molecule has 0 saturated carbocycles. The van der Waals surface area contributed by atoms with Gasteiger partial charge in [-0.25, -0.2) is 0 Å². The Bertz CT molecular complexity index is 328. The number of ether oxygens (including phenoxy) is 1. The first kappa shape index (κ1) is 13.1. The van der Waals surface area contributed by atoms with Crippen LogP contribution in [0.4, 0.5) is 0 Å². The largest absolute Gasteiger partial charge is 0.388 e. The number of hydrogen-bond acceptors (Lipinski definition) is 4. The molecule has 0 unspecified atom stereocenters. The minimum absolute atomic E-state index is 0.0844. The van der Waals surface area contributed by atoms with Gasteiger partial charge in [0.25, 0.3) is 0 Å². The summed E-state index contributed by atoms with van der Waals surface area (Å²) in [7, 11) is 0. The van der Waals surface area contributed by atoms with Crippen molar-refractivity contribution in [3.05, 3.63) is 11.6 Å². The summed E-state index contributed by atoms with van der Waals surface area (Å²) in [6.45, 7) is 9.43. The van der Waals surface area contributed by atoms with E-state index in [0.29, 0.717) is 19.0 Å². The Balaban J connectivity index is 2.88. The first-order valence-corrected chi connectivity index (χ1v) is 5.63. The van der Waals surface area contributed by atoms with Crippen LogP contribution in [0, 0.1) is 0 Å². The molecule has 1 aromatic heterocycles. The predicted molar refractivity (Wildman–Crippen MR) is 61.1 cm³/mol. The number of nitrogens with zero attached hydrogens (tertiary/aromatic N) is 3. The van der Waals surface area contributed by atoms with Gasteiger partial charge in [-0.2, -0.15) is 0 Å². The van der Waals surface area contributed by atoms with E-state index in [1.54, 1.807) is 0 Å². The van der Waals surface area contributed by atoms with Gasteiger partial charge in [0, 0.05) is 18.6 Å². The van der Waals surface area contributed by atoms with Crippen LogP contribution in [-0.2, 0) is 23.3 Å². The van der Waals surface area contributed by atoms with Crippen molar-refractivity contribution in [2.45, 2.75) is 46.3 Å². The minimum atomic E-state index is -0.122. The second-order valence-electron chi connectivity index (χ2n) is 4.64. The van der Waals surface area contributed by atoms with Crippen molar-refractivity contribution in [1.29, 1.82) is 0 Å². The van der Waals surface area contributed by atoms with E-state index in [1.165, 1.54) is 0 Å². The fourth-order valence-electron chi connectivity index (χ4n) is 1.70. The van der Waals surface area contributed by atoms with E-state index in [1.807, 2.05) is 11.5 Å². The highest BCUT2D eigenvalue weighted by atomic mass is 16.5. The van der Waals surface area contributed by atoms with Gasteiger partial charge in [-0.3, -0.25) is 0 Å². The molecule has 0 atom stereocenters. The summed E-state index contributed by atoms with van der Waals surface area (Å²) in [5, 5.41) is 17.3. The van der Waals surface area contributed by atoms with Crippen LogP contribution in [0.25, 0.3) is 0 Å². The number of rotatable bonds is 5. The molecule has 0 saturated heterocycles. The molecule has 0 aliphatic carbocycles. The Hall–Kier alpha value is -0.940. The molecule has 0 aliphatic rings. The maximum Gasteiger partial charge on any atom is 0.159 e. The van der Waals surface area contributed by atoms with E-state index < -0.39 is 0 Å². The number of aliphatic hydroxyl groups excluding tert-OH is 1.